The van der Waals surface area contributed by atoms with Crippen LogP contribution in [0.2, 0.25) is 0 Å². The number of unbranched alkanes of at least 4 members (excludes halogenated alkanes) is 20. The molecule has 0 saturated heterocycles. The van der Waals surface area contributed by atoms with Gasteiger partial charge in [-0.3, -0.25) is 4.79 Å². The third-order valence-electron chi connectivity index (χ3n) is 8.54. The Balaban J connectivity index is 4.10. The molecule has 0 aromatic carbocycles. The monoisotopic (exact) mass is 580 g/mol. The fourth-order valence-electron chi connectivity index (χ4n) is 5.76. The molecule has 4 heteroatoms. The van der Waals surface area contributed by atoms with Crippen molar-refractivity contribution in [1.29, 1.82) is 0 Å². The SMILES string of the molecule is CCCCCCCCC(CCCCCCCC)OC(=O)CCCCCCCN(CCCC)CCCCCCCC=O. The van der Waals surface area contributed by atoms with Crippen LogP contribution in [0.5, 0.6) is 0 Å². The van der Waals surface area contributed by atoms with Gasteiger partial charge in [0.25, 0.3) is 0 Å². The van der Waals surface area contributed by atoms with Gasteiger partial charge in [-0.15, -0.1) is 0 Å². The minimum atomic E-state index is 0.0452. The van der Waals surface area contributed by atoms with E-state index in [9.17, 15) is 9.59 Å². The van der Waals surface area contributed by atoms with Crippen molar-refractivity contribution < 1.29 is 14.3 Å². The van der Waals surface area contributed by atoms with E-state index in [0.29, 0.717) is 6.42 Å². The zero-order valence-corrected chi connectivity index (χ0v) is 28.2. The molecule has 0 amide bonds. The minimum Gasteiger partial charge on any atom is -0.462 e. The molecule has 0 aliphatic carbocycles. The maximum Gasteiger partial charge on any atom is 0.306 e. The van der Waals surface area contributed by atoms with Gasteiger partial charge in [-0.25, -0.2) is 0 Å². The van der Waals surface area contributed by atoms with E-state index in [-0.39, 0.29) is 12.1 Å². The molecule has 0 heterocycles. The summed E-state index contributed by atoms with van der Waals surface area (Å²) in [5, 5.41) is 0. The van der Waals surface area contributed by atoms with Crippen LogP contribution < -0.4 is 0 Å². The first-order valence-corrected chi connectivity index (χ1v) is 18.5. The van der Waals surface area contributed by atoms with Gasteiger partial charge < -0.3 is 14.4 Å². The molecule has 0 fully saturated rings. The number of esters is 1. The molecule has 0 bridgehead atoms. The topological polar surface area (TPSA) is 46.6 Å². The summed E-state index contributed by atoms with van der Waals surface area (Å²) in [5.41, 5.74) is 0. The van der Waals surface area contributed by atoms with Gasteiger partial charge in [-0.05, 0) is 77.4 Å². The highest BCUT2D eigenvalue weighted by molar-refractivity contribution is 5.69. The Morgan fingerprint density at radius 1 is 0.537 bits per heavy atom. The van der Waals surface area contributed by atoms with Crippen LogP contribution in [0.15, 0.2) is 0 Å². The molecule has 0 spiro atoms. The van der Waals surface area contributed by atoms with Crippen LogP contribution in [0.3, 0.4) is 0 Å². The van der Waals surface area contributed by atoms with Gasteiger partial charge in [0.15, 0.2) is 0 Å². The fourth-order valence-corrected chi connectivity index (χ4v) is 5.76. The van der Waals surface area contributed by atoms with E-state index in [0.717, 1.165) is 44.8 Å². The first kappa shape index (κ1) is 40.1. The van der Waals surface area contributed by atoms with Gasteiger partial charge in [-0.1, -0.05) is 130 Å². The second-order valence-corrected chi connectivity index (χ2v) is 12.7. The largest absolute Gasteiger partial charge is 0.462 e. The molecule has 0 radical (unpaired) electrons. The number of nitrogens with zero attached hydrogens (tertiary/aromatic N) is 1. The van der Waals surface area contributed by atoms with Crippen molar-refractivity contribution >= 4 is 12.3 Å². The lowest BCUT2D eigenvalue weighted by Crippen LogP contribution is -2.27. The summed E-state index contributed by atoms with van der Waals surface area (Å²) in [6.45, 7) is 10.5. The van der Waals surface area contributed by atoms with Gasteiger partial charge in [0.2, 0.25) is 0 Å². The summed E-state index contributed by atoms with van der Waals surface area (Å²) in [5.74, 6) is 0.0452. The minimum absolute atomic E-state index is 0.0452. The summed E-state index contributed by atoms with van der Waals surface area (Å²) in [6, 6.07) is 0. The van der Waals surface area contributed by atoms with Crippen LogP contribution in [0, 0.1) is 0 Å². The van der Waals surface area contributed by atoms with Crippen molar-refractivity contribution in [3.05, 3.63) is 0 Å². The first-order valence-electron chi connectivity index (χ1n) is 18.5. The standard InChI is InChI=1S/C37H73NO3/c1-4-7-10-12-17-23-29-36(30-24-18-13-11-8-5-2)41-37(40)31-25-19-16-21-27-34-38(32-9-6-3)33-26-20-14-15-22-28-35-39/h35-36H,4-34H2,1-3H3. The van der Waals surface area contributed by atoms with Crippen molar-refractivity contribution in [1.82, 2.24) is 4.90 Å². The fraction of sp³-hybridized carbons (Fsp3) is 0.946. The number of aldehydes is 1. The molecule has 0 aromatic rings. The Morgan fingerprint density at radius 2 is 0.951 bits per heavy atom. The molecule has 0 N–H and O–H groups in total. The van der Waals surface area contributed by atoms with Gasteiger partial charge in [0, 0.05) is 12.8 Å². The summed E-state index contributed by atoms with van der Waals surface area (Å²) in [6.07, 6.45) is 34.7. The predicted octanol–water partition coefficient (Wildman–Crippen LogP) is 11.4. The van der Waals surface area contributed by atoms with Gasteiger partial charge in [0.1, 0.15) is 12.4 Å². The van der Waals surface area contributed by atoms with E-state index in [2.05, 4.69) is 25.7 Å². The third kappa shape index (κ3) is 30.4. The summed E-state index contributed by atoms with van der Waals surface area (Å²) < 4.78 is 6.02. The summed E-state index contributed by atoms with van der Waals surface area (Å²) >= 11 is 0. The molecular formula is C37H73NO3. The number of hydrogen-bond acceptors (Lipinski definition) is 4. The third-order valence-corrected chi connectivity index (χ3v) is 8.54. The molecule has 0 aromatic heterocycles. The number of carbonyl (C=O) groups is 2. The second kappa shape index (κ2) is 33.6. The highest BCUT2D eigenvalue weighted by Crippen LogP contribution is 2.18. The van der Waals surface area contributed by atoms with Crippen LogP contribution in [-0.2, 0) is 14.3 Å². The highest BCUT2D eigenvalue weighted by Gasteiger charge is 2.14. The molecule has 0 rings (SSSR count). The number of hydrogen-bond donors (Lipinski definition) is 0. The summed E-state index contributed by atoms with van der Waals surface area (Å²) in [7, 11) is 0. The van der Waals surface area contributed by atoms with E-state index in [1.54, 1.807) is 0 Å². The van der Waals surface area contributed by atoms with Gasteiger partial charge >= 0.3 is 5.97 Å². The molecule has 41 heavy (non-hydrogen) atoms. The molecular weight excluding hydrogens is 506 g/mol. The van der Waals surface area contributed by atoms with E-state index in [4.69, 9.17) is 4.74 Å². The van der Waals surface area contributed by atoms with Crippen molar-refractivity contribution in [2.75, 3.05) is 19.6 Å². The Kier molecular flexibility index (Phi) is 32.9. The summed E-state index contributed by atoms with van der Waals surface area (Å²) in [4.78, 5) is 25.7. The quantitative estimate of drug-likeness (QED) is 0.0432. The zero-order valence-electron chi connectivity index (χ0n) is 28.2. The Morgan fingerprint density at radius 3 is 1.46 bits per heavy atom. The van der Waals surface area contributed by atoms with Crippen molar-refractivity contribution in [3.8, 4) is 0 Å². The molecule has 0 unspecified atom stereocenters. The highest BCUT2D eigenvalue weighted by atomic mass is 16.5. The van der Waals surface area contributed by atoms with E-state index >= 15 is 0 Å². The normalized spacial score (nSPS) is 11.5. The lowest BCUT2D eigenvalue weighted by Gasteiger charge is -2.22. The Labute approximate surface area is 257 Å². The lowest BCUT2D eigenvalue weighted by molar-refractivity contribution is -0.150. The van der Waals surface area contributed by atoms with E-state index in [1.807, 2.05) is 0 Å². The molecule has 0 atom stereocenters. The second-order valence-electron chi connectivity index (χ2n) is 12.7. The number of ether oxygens (including phenoxy) is 1. The van der Waals surface area contributed by atoms with Crippen LogP contribution in [-0.4, -0.2) is 42.9 Å². The van der Waals surface area contributed by atoms with Crippen molar-refractivity contribution in [3.63, 3.8) is 0 Å². The molecule has 0 aliphatic heterocycles. The Bertz CT molecular complexity index is 522. The zero-order chi connectivity index (χ0) is 30.1. The number of carbonyl (C=O) groups excluding carboxylic acids is 2. The molecule has 0 saturated carbocycles. The first-order chi connectivity index (χ1) is 20.2. The van der Waals surface area contributed by atoms with Crippen LogP contribution in [0.25, 0.3) is 0 Å². The van der Waals surface area contributed by atoms with Crippen LogP contribution in [0.1, 0.15) is 201 Å². The van der Waals surface area contributed by atoms with Crippen LogP contribution >= 0.6 is 0 Å². The van der Waals surface area contributed by atoms with Crippen molar-refractivity contribution in [2.24, 2.45) is 0 Å². The molecule has 0 aliphatic rings. The lowest BCUT2D eigenvalue weighted by atomic mass is 10.0. The average Bonchev–Trinajstić information content (AvgIpc) is 2.97. The van der Waals surface area contributed by atoms with Crippen LogP contribution in [0.4, 0.5) is 0 Å². The Hall–Kier alpha value is -0.900. The number of rotatable bonds is 34. The predicted molar refractivity (Wildman–Crippen MR) is 179 cm³/mol. The van der Waals surface area contributed by atoms with Crippen molar-refractivity contribution in [2.45, 2.75) is 207 Å². The average molecular weight is 580 g/mol. The maximum atomic E-state index is 12.6. The maximum absolute atomic E-state index is 12.6. The smallest absolute Gasteiger partial charge is 0.306 e. The molecule has 244 valence electrons. The van der Waals surface area contributed by atoms with Gasteiger partial charge in [0.05, 0.1) is 0 Å². The van der Waals surface area contributed by atoms with Gasteiger partial charge in [-0.2, -0.15) is 0 Å². The molecule has 4 nitrogen and oxygen atoms in total. The van der Waals surface area contributed by atoms with E-state index in [1.165, 1.54) is 154 Å². The van der Waals surface area contributed by atoms with E-state index < -0.39 is 0 Å².